The molecule has 2 heterocycles. The van der Waals surface area contributed by atoms with E-state index in [4.69, 9.17) is 14.1 Å². The van der Waals surface area contributed by atoms with Crippen molar-refractivity contribution in [3.8, 4) is 22.8 Å². The van der Waals surface area contributed by atoms with Gasteiger partial charge in [0.15, 0.2) is 17.2 Å². The fraction of sp³-hybridized carbons (Fsp3) is 0.250. The molecule has 1 aromatic heterocycles. The molecular formula is C20H19N3O4. The number of rotatable bonds is 4. The van der Waals surface area contributed by atoms with Crippen molar-refractivity contribution in [3.63, 3.8) is 0 Å². The first kappa shape index (κ1) is 17.1. The summed E-state index contributed by atoms with van der Waals surface area (Å²) in [6.07, 6.45) is -0.784. The van der Waals surface area contributed by atoms with E-state index >= 15 is 0 Å². The van der Waals surface area contributed by atoms with Crippen LogP contribution in [0.2, 0.25) is 0 Å². The normalized spacial score (nSPS) is 15.6. The predicted molar refractivity (Wildman–Crippen MR) is 98.8 cm³/mol. The molecule has 7 heteroatoms. The van der Waals surface area contributed by atoms with Gasteiger partial charge < -0.3 is 14.8 Å². The number of nitrogens with one attached hydrogen (secondary N) is 1. The van der Waals surface area contributed by atoms with Crippen LogP contribution >= 0.6 is 0 Å². The summed E-state index contributed by atoms with van der Waals surface area (Å²) in [7, 11) is 0. The van der Waals surface area contributed by atoms with Gasteiger partial charge in [0.25, 0.3) is 5.91 Å². The number of ether oxygens (including phenoxy) is 2. The van der Waals surface area contributed by atoms with E-state index in [2.05, 4.69) is 29.5 Å². The Kier molecular flexibility index (Phi) is 4.50. The molecule has 0 fully saturated rings. The SMILES string of the molecule is CC(C)c1ccc(-c2nonc2NC(=O)C2COc3ccccc3O2)cc1. The number of hydrogen-bond donors (Lipinski definition) is 1. The lowest BCUT2D eigenvalue weighted by Crippen LogP contribution is -2.40. The minimum Gasteiger partial charge on any atom is -0.485 e. The lowest BCUT2D eigenvalue weighted by atomic mass is 10.0. The summed E-state index contributed by atoms with van der Waals surface area (Å²) in [6, 6.07) is 15.1. The molecule has 0 saturated carbocycles. The number of aromatic nitrogens is 2. The summed E-state index contributed by atoms with van der Waals surface area (Å²) in [5.41, 5.74) is 2.49. The van der Waals surface area contributed by atoms with Crippen LogP contribution in [0.15, 0.2) is 53.2 Å². The predicted octanol–water partition coefficient (Wildman–Crippen LogP) is 3.64. The van der Waals surface area contributed by atoms with Crippen LogP contribution in [-0.4, -0.2) is 28.9 Å². The van der Waals surface area contributed by atoms with Crippen LogP contribution in [-0.2, 0) is 4.79 Å². The maximum absolute atomic E-state index is 12.6. The van der Waals surface area contributed by atoms with Crippen LogP contribution in [0.5, 0.6) is 11.5 Å². The molecule has 7 nitrogen and oxygen atoms in total. The maximum Gasteiger partial charge on any atom is 0.270 e. The molecule has 1 atom stereocenters. The van der Waals surface area contributed by atoms with Gasteiger partial charge >= 0.3 is 0 Å². The van der Waals surface area contributed by atoms with Gasteiger partial charge in [-0.05, 0) is 33.9 Å². The number of nitrogens with zero attached hydrogens (tertiary/aromatic N) is 2. The standard InChI is InChI=1S/C20H19N3O4/c1-12(2)13-7-9-14(10-8-13)18-19(23-27-22-18)21-20(24)17-11-25-15-5-3-4-6-16(15)26-17/h3-10,12,17H,11H2,1-2H3,(H,21,23,24). The third-order valence-electron chi connectivity index (χ3n) is 4.38. The van der Waals surface area contributed by atoms with Gasteiger partial charge in [-0.1, -0.05) is 50.2 Å². The van der Waals surface area contributed by atoms with E-state index in [1.807, 2.05) is 36.4 Å². The van der Waals surface area contributed by atoms with E-state index in [9.17, 15) is 4.79 Å². The molecule has 0 radical (unpaired) electrons. The number of fused-ring (bicyclic) bond motifs is 1. The highest BCUT2D eigenvalue weighted by atomic mass is 16.6. The first-order valence-electron chi connectivity index (χ1n) is 8.74. The van der Waals surface area contributed by atoms with Crippen molar-refractivity contribution in [3.05, 3.63) is 54.1 Å². The smallest absolute Gasteiger partial charge is 0.270 e. The lowest BCUT2D eigenvalue weighted by molar-refractivity contribution is -0.125. The third kappa shape index (κ3) is 3.48. The number of carbonyl (C=O) groups excluding carboxylic acids is 1. The van der Waals surface area contributed by atoms with Gasteiger partial charge in [-0.3, -0.25) is 4.79 Å². The molecule has 0 bridgehead atoms. The van der Waals surface area contributed by atoms with E-state index in [0.717, 1.165) is 5.56 Å². The number of hydrogen-bond acceptors (Lipinski definition) is 6. The van der Waals surface area contributed by atoms with Crippen molar-refractivity contribution in [2.24, 2.45) is 0 Å². The average Bonchev–Trinajstić information content (AvgIpc) is 3.15. The highest BCUT2D eigenvalue weighted by Gasteiger charge is 2.29. The van der Waals surface area contributed by atoms with Gasteiger partial charge in [-0.25, -0.2) is 4.63 Å². The van der Waals surface area contributed by atoms with Gasteiger partial charge in [-0.2, -0.15) is 0 Å². The zero-order valence-corrected chi connectivity index (χ0v) is 15.0. The fourth-order valence-electron chi connectivity index (χ4n) is 2.83. The summed E-state index contributed by atoms with van der Waals surface area (Å²) >= 11 is 0. The number of amides is 1. The Morgan fingerprint density at radius 1 is 1.07 bits per heavy atom. The quantitative estimate of drug-likeness (QED) is 0.760. The highest BCUT2D eigenvalue weighted by molar-refractivity contribution is 5.96. The highest BCUT2D eigenvalue weighted by Crippen LogP contribution is 2.31. The molecule has 27 heavy (non-hydrogen) atoms. The van der Waals surface area contributed by atoms with Crippen molar-refractivity contribution in [1.82, 2.24) is 10.3 Å². The number of carbonyl (C=O) groups is 1. The number of benzene rings is 2. The van der Waals surface area contributed by atoms with Crippen LogP contribution < -0.4 is 14.8 Å². The van der Waals surface area contributed by atoms with E-state index in [0.29, 0.717) is 23.1 Å². The molecule has 0 spiro atoms. The molecule has 1 unspecified atom stereocenters. The molecule has 1 aliphatic heterocycles. The molecule has 138 valence electrons. The Balaban J connectivity index is 1.49. The maximum atomic E-state index is 12.6. The Hall–Kier alpha value is -3.35. The molecule has 1 amide bonds. The first-order valence-corrected chi connectivity index (χ1v) is 8.74. The van der Waals surface area contributed by atoms with Gasteiger partial charge in [0.2, 0.25) is 11.9 Å². The van der Waals surface area contributed by atoms with Gasteiger partial charge in [0.05, 0.1) is 0 Å². The summed E-state index contributed by atoms with van der Waals surface area (Å²) in [4.78, 5) is 12.6. The number of para-hydroxylation sites is 2. The van der Waals surface area contributed by atoms with Crippen LogP contribution in [0.1, 0.15) is 25.3 Å². The van der Waals surface area contributed by atoms with Crippen molar-refractivity contribution in [1.29, 1.82) is 0 Å². The van der Waals surface area contributed by atoms with E-state index in [1.165, 1.54) is 5.56 Å². The molecule has 0 saturated heterocycles. The largest absolute Gasteiger partial charge is 0.485 e. The Morgan fingerprint density at radius 3 is 2.56 bits per heavy atom. The van der Waals surface area contributed by atoms with Crippen molar-refractivity contribution < 1.29 is 18.9 Å². The van der Waals surface area contributed by atoms with Crippen LogP contribution in [0.25, 0.3) is 11.3 Å². The summed E-state index contributed by atoms with van der Waals surface area (Å²) in [5.74, 6) is 1.46. The second-order valence-electron chi connectivity index (χ2n) is 6.59. The summed E-state index contributed by atoms with van der Waals surface area (Å²) in [6.45, 7) is 4.37. The van der Waals surface area contributed by atoms with E-state index in [1.54, 1.807) is 12.1 Å². The first-order chi connectivity index (χ1) is 13.1. The van der Waals surface area contributed by atoms with E-state index in [-0.39, 0.29) is 18.3 Å². The Morgan fingerprint density at radius 2 is 1.81 bits per heavy atom. The topological polar surface area (TPSA) is 86.5 Å². The van der Waals surface area contributed by atoms with Gasteiger partial charge in [0, 0.05) is 5.56 Å². The fourth-order valence-corrected chi connectivity index (χ4v) is 2.83. The molecule has 1 aliphatic rings. The van der Waals surface area contributed by atoms with Gasteiger partial charge in [0.1, 0.15) is 6.61 Å². The van der Waals surface area contributed by atoms with E-state index < -0.39 is 6.10 Å². The second kappa shape index (κ2) is 7.11. The Bertz CT molecular complexity index is 950. The minimum atomic E-state index is -0.784. The summed E-state index contributed by atoms with van der Waals surface area (Å²) < 4.78 is 16.1. The Labute approximate surface area is 156 Å². The van der Waals surface area contributed by atoms with Gasteiger partial charge in [-0.15, -0.1) is 0 Å². The molecule has 2 aromatic carbocycles. The third-order valence-corrected chi connectivity index (χ3v) is 4.38. The molecule has 4 rings (SSSR count). The second-order valence-corrected chi connectivity index (χ2v) is 6.59. The van der Waals surface area contributed by atoms with Crippen molar-refractivity contribution in [2.75, 3.05) is 11.9 Å². The number of anilines is 1. The lowest BCUT2D eigenvalue weighted by Gasteiger charge is -2.25. The molecular weight excluding hydrogens is 346 g/mol. The van der Waals surface area contributed by atoms with Crippen molar-refractivity contribution >= 4 is 11.7 Å². The molecule has 3 aromatic rings. The zero-order valence-electron chi connectivity index (χ0n) is 15.0. The molecule has 1 N–H and O–H groups in total. The zero-order chi connectivity index (χ0) is 18.8. The monoisotopic (exact) mass is 365 g/mol. The molecule has 0 aliphatic carbocycles. The van der Waals surface area contributed by atoms with Crippen LogP contribution in [0.4, 0.5) is 5.82 Å². The summed E-state index contributed by atoms with van der Waals surface area (Å²) in [5, 5.41) is 10.5. The van der Waals surface area contributed by atoms with Crippen molar-refractivity contribution in [2.45, 2.75) is 25.9 Å². The van der Waals surface area contributed by atoms with Crippen LogP contribution in [0, 0.1) is 0 Å². The minimum absolute atomic E-state index is 0.118. The van der Waals surface area contributed by atoms with Crippen LogP contribution in [0.3, 0.4) is 0 Å². The average molecular weight is 365 g/mol.